The highest BCUT2D eigenvalue weighted by Gasteiger charge is 2.14. The summed E-state index contributed by atoms with van der Waals surface area (Å²) >= 11 is 0. The van der Waals surface area contributed by atoms with Crippen LogP contribution < -0.4 is 10.6 Å². The lowest BCUT2D eigenvalue weighted by Crippen LogP contribution is -2.42. The molecule has 17 heavy (non-hydrogen) atoms. The number of aryl methyl sites for hydroxylation is 1. The number of amides is 2. The summed E-state index contributed by atoms with van der Waals surface area (Å²) in [5.74, 6) is -0.836. The molecule has 0 bridgehead atoms. The maximum Gasteiger partial charge on any atom is 0.334 e. The Kier molecular flexibility index (Phi) is 4.40. The van der Waals surface area contributed by atoms with Crippen LogP contribution in [0, 0.1) is 0 Å². The van der Waals surface area contributed by atoms with E-state index in [4.69, 9.17) is 10.2 Å². The molecule has 1 heterocycles. The summed E-state index contributed by atoms with van der Waals surface area (Å²) in [6.45, 7) is -0.203. The van der Waals surface area contributed by atoms with Crippen molar-refractivity contribution in [2.45, 2.75) is 12.6 Å². The van der Waals surface area contributed by atoms with E-state index >= 15 is 0 Å². The molecule has 0 saturated carbocycles. The number of urea groups is 1. The molecule has 0 aromatic carbocycles. The van der Waals surface area contributed by atoms with Crippen LogP contribution in [-0.4, -0.2) is 49.6 Å². The van der Waals surface area contributed by atoms with Gasteiger partial charge >= 0.3 is 12.0 Å². The third-order valence-electron chi connectivity index (χ3n) is 1.95. The standard InChI is InChI=1S/C8H13N5O4/c1-13-4-11-12-6(13)3-10-8(17)9-2-5(14)7(15)16/h4-5,14H,2-3H2,1H3,(H,15,16)(H2,9,10,17). The molecule has 0 aliphatic heterocycles. The lowest BCUT2D eigenvalue weighted by Gasteiger charge is -2.08. The summed E-state index contributed by atoms with van der Waals surface area (Å²) in [7, 11) is 1.73. The normalized spacial score (nSPS) is 11.9. The first-order valence-corrected chi connectivity index (χ1v) is 4.76. The van der Waals surface area contributed by atoms with Crippen molar-refractivity contribution in [3.8, 4) is 0 Å². The second kappa shape index (κ2) is 5.80. The molecule has 0 aliphatic carbocycles. The average Bonchev–Trinajstić information content (AvgIpc) is 2.68. The summed E-state index contributed by atoms with van der Waals surface area (Å²) in [6, 6.07) is -0.590. The molecule has 1 aromatic heterocycles. The van der Waals surface area contributed by atoms with Gasteiger partial charge in [0.05, 0.1) is 13.1 Å². The van der Waals surface area contributed by atoms with Crippen LogP contribution in [0.25, 0.3) is 0 Å². The van der Waals surface area contributed by atoms with Crippen LogP contribution in [-0.2, 0) is 18.4 Å². The molecule has 1 rings (SSSR count). The first kappa shape index (κ1) is 12.9. The SMILES string of the molecule is Cn1cnnc1CNC(=O)NCC(O)C(=O)O. The molecular weight excluding hydrogens is 230 g/mol. The number of hydrogen-bond acceptors (Lipinski definition) is 5. The highest BCUT2D eigenvalue weighted by molar-refractivity contribution is 5.76. The van der Waals surface area contributed by atoms with Gasteiger partial charge in [-0.15, -0.1) is 10.2 Å². The summed E-state index contributed by atoms with van der Waals surface area (Å²) in [6.07, 6.45) is -0.126. The van der Waals surface area contributed by atoms with E-state index in [9.17, 15) is 9.59 Å². The second-order valence-corrected chi connectivity index (χ2v) is 3.28. The van der Waals surface area contributed by atoms with Crippen molar-refractivity contribution in [2.75, 3.05) is 6.54 Å². The molecule has 0 spiro atoms. The summed E-state index contributed by atoms with van der Waals surface area (Å²) < 4.78 is 1.63. The molecule has 0 aliphatic rings. The van der Waals surface area contributed by atoms with Gasteiger partial charge in [-0.05, 0) is 0 Å². The predicted molar refractivity (Wildman–Crippen MR) is 54.9 cm³/mol. The highest BCUT2D eigenvalue weighted by Crippen LogP contribution is 1.89. The van der Waals surface area contributed by atoms with Crippen LogP contribution in [0.2, 0.25) is 0 Å². The van der Waals surface area contributed by atoms with Crippen LogP contribution in [0.3, 0.4) is 0 Å². The van der Waals surface area contributed by atoms with Gasteiger partial charge < -0.3 is 25.4 Å². The fourth-order valence-corrected chi connectivity index (χ4v) is 0.966. The Morgan fingerprint density at radius 3 is 2.76 bits per heavy atom. The minimum absolute atomic E-state index is 0.158. The minimum atomic E-state index is -1.62. The van der Waals surface area contributed by atoms with Crippen molar-refractivity contribution in [1.29, 1.82) is 0 Å². The predicted octanol–water partition coefficient (Wildman–Crippen LogP) is -1.94. The van der Waals surface area contributed by atoms with Crippen LogP contribution in [0.4, 0.5) is 4.79 Å². The molecule has 2 amide bonds. The van der Waals surface area contributed by atoms with E-state index in [0.717, 1.165) is 0 Å². The van der Waals surface area contributed by atoms with Crippen molar-refractivity contribution in [2.24, 2.45) is 7.05 Å². The van der Waals surface area contributed by atoms with E-state index in [1.165, 1.54) is 6.33 Å². The van der Waals surface area contributed by atoms with Gasteiger partial charge in [0.1, 0.15) is 6.33 Å². The van der Waals surface area contributed by atoms with Gasteiger partial charge in [-0.3, -0.25) is 0 Å². The number of carbonyl (C=O) groups excluding carboxylic acids is 1. The Bertz CT molecular complexity index is 404. The maximum atomic E-state index is 11.2. The quantitative estimate of drug-likeness (QED) is 0.476. The van der Waals surface area contributed by atoms with E-state index in [1.54, 1.807) is 11.6 Å². The van der Waals surface area contributed by atoms with Gasteiger partial charge in [0.25, 0.3) is 0 Å². The number of aromatic nitrogens is 3. The molecular formula is C8H13N5O4. The number of carboxylic acid groups (broad SMARTS) is 1. The maximum absolute atomic E-state index is 11.2. The topological polar surface area (TPSA) is 129 Å². The molecule has 9 heteroatoms. The number of aliphatic hydroxyl groups is 1. The minimum Gasteiger partial charge on any atom is -0.479 e. The Balaban J connectivity index is 2.27. The smallest absolute Gasteiger partial charge is 0.334 e. The molecule has 9 nitrogen and oxygen atoms in total. The van der Waals surface area contributed by atoms with Gasteiger partial charge in [0.15, 0.2) is 11.9 Å². The Morgan fingerprint density at radius 1 is 1.53 bits per heavy atom. The van der Waals surface area contributed by atoms with Gasteiger partial charge in [0, 0.05) is 7.05 Å². The molecule has 1 aromatic rings. The molecule has 4 N–H and O–H groups in total. The number of rotatable bonds is 5. The van der Waals surface area contributed by atoms with Crippen molar-refractivity contribution in [3.63, 3.8) is 0 Å². The summed E-state index contributed by atoms with van der Waals surface area (Å²) in [4.78, 5) is 21.5. The van der Waals surface area contributed by atoms with E-state index in [1.807, 2.05) is 0 Å². The van der Waals surface area contributed by atoms with Gasteiger partial charge in [-0.25, -0.2) is 9.59 Å². The number of aliphatic carboxylic acids is 1. The van der Waals surface area contributed by atoms with Crippen LogP contribution in [0.15, 0.2) is 6.33 Å². The Morgan fingerprint density at radius 2 is 2.24 bits per heavy atom. The van der Waals surface area contributed by atoms with Crippen molar-refractivity contribution in [3.05, 3.63) is 12.2 Å². The van der Waals surface area contributed by atoms with Crippen LogP contribution >= 0.6 is 0 Å². The molecule has 94 valence electrons. The molecule has 0 saturated heterocycles. The third kappa shape index (κ3) is 4.07. The molecule has 1 atom stereocenters. The summed E-state index contributed by atoms with van der Waals surface area (Å²) in [5.41, 5.74) is 0. The van der Waals surface area contributed by atoms with E-state index in [0.29, 0.717) is 5.82 Å². The lowest BCUT2D eigenvalue weighted by molar-refractivity contribution is -0.146. The van der Waals surface area contributed by atoms with E-state index in [2.05, 4.69) is 20.8 Å². The van der Waals surface area contributed by atoms with E-state index in [-0.39, 0.29) is 13.1 Å². The molecule has 1 unspecified atom stereocenters. The number of carboxylic acids is 1. The van der Waals surface area contributed by atoms with Crippen molar-refractivity contribution >= 4 is 12.0 Å². The lowest BCUT2D eigenvalue weighted by atomic mass is 10.4. The number of carbonyl (C=O) groups is 2. The third-order valence-corrected chi connectivity index (χ3v) is 1.95. The zero-order chi connectivity index (χ0) is 12.8. The number of nitrogens with one attached hydrogen (secondary N) is 2. The number of nitrogens with zero attached hydrogens (tertiary/aromatic N) is 3. The summed E-state index contributed by atoms with van der Waals surface area (Å²) in [5, 5.41) is 29.3. The largest absolute Gasteiger partial charge is 0.479 e. The Labute approximate surface area is 96.5 Å². The van der Waals surface area contributed by atoms with Crippen molar-refractivity contribution < 1.29 is 19.8 Å². The first-order valence-electron chi connectivity index (χ1n) is 4.76. The van der Waals surface area contributed by atoms with Gasteiger partial charge in [0.2, 0.25) is 0 Å². The Hall–Kier alpha value is -2.16. The number of hydrogen-bond donors (Lipinski definition) is 4. The monoisotopic (exact) mass is 243 g/mol. The molecule has 0 fully saturated rings. The van der Waals surface area contributed by atoms with Gasteiger partial charge in [-0.1, -0.05) is 0 Å². The number of aliphatic hydroxyl groups excluding tert-OH is 1. The zero-order valence-electron chi connectivity index (χ0n) is 9.12. The van der Waals surface area contributed by atoms with Crippen LogP contribution in [0.5, 0.6) is 0 Å². The first-order chi connectivity index (χ1) is 8.00. The molecule has 0 radical (unpaired) electrons. The second-order valence-electron chi connectivity index (χ2n) is 3.28. The van der Waals surface area contributed by atoms with Crippen molar-refractivity contribution in [1.82, 2.24) is 25.4 Å². The average molecular weight is 243 g/mol. The van der Waals surface area contributed by atoms with E-state index < -0.39 is 18.1 Å². The zero-order valence-corrected chi connectivity index (χ0v) is 9.12. The fraction of sp³-hybridized carbons (Fsp3) is 0.500. The highest BCUT2D eigenvalue weighted by atomic mass is 16.4. The van der Waals surface area contributed by atoms with Gasteiger partial charge in [-0.2, -0.15) is 0 Å². The van der Waals surface area contributed by atoms with Crippen LogP contribution in [0.1, 0.15) is 5.82 Å². The fourth-order valence-electron chi connectivity index (χ4n) is 0.966.